The minimum absolute atomic E-state index is 0.131. The van der Waals surface area contributed by atoms with Crippen LogP contribution in [0.4, 0.5) is 0 Å². The van der Waals surface area contributed by atoms with Crippen molar-refractivity contribution in [3.05, 3.63) is 59.2 Å². The molecule has 0 radical (unpaired) electrons. The van der Waals surface area contributed by atoms with Crippen molar-refractivity contribution in [1.82, 2.24) is 0 Å². The summed E-state index contributed by atoms with van der Waals surface area (Å²) in [5.41, 5.74) is 2.63. The summed E-state index contributed by atoms with van der Waals surface area (Å²) in [7, 11) is 1.28. The summed E-state index contributed by atoms with van der Waals surface area (Å²) >= 11 is 0. The van der Waals surface area contributed by atoms with Crippen LogP contribution in [0, 0.1) is 0 Å². The summed E-state index contributed by atoms with van der Waals surface area (Å²) in [5.74, 6) is 0.507. The summed E-state index contributed by atoms with van der Waals surface area (Å²) in [6.45, 7) is 4.42. The van der Waals surface area contributed by atoms with Gasteiger partial charge in [0.25, 0.3) is 0 Å². The highest BCUT2D eigenvalue weighted by atomic mass is 16.5. The molecule has 0 aromatic heterocycles. The van der Waals surface area contributed by atoms with Gasteiger partial charge in [0.05, 0.1) is 7.11 Å². The summed E-state index contributed by atoms with van der Waals surface area (Å²) in [6.07, 6.45) is 6.62. The Balaban J connectivity index is 0.00000126. The van der Waals surface area contributed by atoms with E-state index in [4.69, 9.17) is 4.74 Å². The summed E-state index contributed by atoms with van der Waals surface area (Å²) in [6, 6.07) is 13.2. The van der Waals surface area contributed by atoms with Crippen molar-refractivity contribution in [2.24, 2.45) is 0 Å². The lowest BCUT2D eigenvalue weighted by Crippen LogP contribution is -2.05. The van der Waals surface area contributed by atoms with Crippen LogP contribution in [0.25, 0.3) is 0 Å². The van der Waals surface area contributed by atoms with Crippen LogP contribution in [0.5, 0.6) is 11.5 Å². The second kappa shape index (κ2) is 10.6. The average Bonchev–Trinajstić information content (AvgIpc) is 2.74. The van der Waals surface area contributed by atoms with Crippen LogP contribution in [0.1, 0.15) is 73.4 Å². The van der Waals surface area contributed by atoms with Gasteiger partial charge in [-0.05, 0) is 42.0 Å². The van der Waals surface area contributed by atoms with Crippen molar-refractivity contribution in [3.8, 4) is 11.5 Å². The van der Waals surface area contributed by atoms with Crippen molar-refractivity contribution in [1.29, 1.82) is 0 Å². The Hall–Kier alpha value is -2.49. The molecule has 27 heavy (non-hydrogen) atoms. The van der Waals surface area contributed by atoms with Crippen LogP contribution in [0.2, 0.25) is 0 Å². The minimum atomic E-state index is -0.567. The maximum Gasteiger partial charge on any atom is 0.341 e. The Bertz CT molecular complexity index is 716. The molecule has 0 spiro atoms. The van der Waals surface area contributed by atoms with Gasteiger partial charge < -0.3 is 14.6 Å². The number of carbonyl (C=O) groups is 1. The first-order valence-electron chi connectivity index (χ1n) is 9.80. The van der Waals surface area contributed by atoms with E-state index in [9.17, 15) is 9.90 Å². The molecule has 0 unspecified atom stereocenters. The quantitative estimate of drug-likeness (QED) is 0.673. The molecular weight excluding hydrogens is 340 g/mol. The fraction of sp³-hybridized carbons (Fsp3) is 0.435. The van der Waals surface area contributed by atoms with Crippen LogP contribution in [0.15, 0.2) is 42.5 Å². The smallest absolute Gasteiger partial charge is 0.341 e. The molecule has 0 saturated heterocycles. The lowest BCUT2D eigenvalue weighted by Gasteiger charge is -2.22. The third-order valence-corrected chi connectivity index (χ3v) is 4.84. The molecular formula is C23H30O4. The molecule has 1 aliphatic rings. The molecule has 4 heteroatoms. The number of rotatable bonds is 5. The molecule has 3 rings (SSSR count). The first kappa shape index (κ1) is 20.8. The Morgan fingerprint density at radius 2 is 1.70 bits per heavy atom. The maximum absolute atomic E-state index is 11.5. The van der Waals surface area contributed by atoms with E-state index in [1.165, 1.54) is 56.9 Å². The zero-order valence-corrected chi connectivity index (χ0v) is 16.5. The SMILES string of the molecule is CC.COC(=O)c1ccc(OCc2ccc(C3CCCCC3)cc2)cc1O. The zero-order chi connectivity index (χ0) is 19.6. The predicted octanol–water partition coefficient (Wildman–Crippen LogP) is 5.83. The number of phenolic OH excluding ortho intramolecular Hbond substituents is 1. The number of aromatic hydroxyl groups is 1. The van der Waals surface area contributed by atoms with Crippen molar-refractivity contribution in [3.63, 3.8) is 0 Å². The highest BCUT2D eigenvalue weighted by Crippen LogP contribution is 2.32. The predicted molar refractivity (Wildman–Crippen MR) is 107 cm³/mol. The lowest BCUT2D eigenvalue weighted by molar-refractivity contribution is 0.0597. The first-order valence-corrected chi connectivity index (χ1v) is 9.80. The van der Waals surface area contributed by atoms with E-state index in [2.05, 4.69) is 29.0 Å². The molecule has 0 amide bonds. The van der Waals surface area contributed by atoms with Crippen molar-refractivity contribution in [2.75, 3.05) is 7.11 Å². The van der Waals surface area contributed by atoms with Crippen LogP contribution >= 0.6 is 0 Å². The largest absolute Gasteiger partial charge is 0.507 e. The van der Waals surface area contributed by atoms with E-state index < -0.39 is 5.97 Å². The molecule has 2 aromatic rings. The second-order valence-electron chi connectivity index (χ2n) is 6.54. The molecule has 2 aromatic carbocycles. The third-order valence-electron chi connectivity index (χ3n) is 4.84. The van der Waals surface area contributed by atoms with Gasteiger partial charge in [-0.1, -0.05) is 57.4 Å². The van der Waals surface area contributed by atoms with Crippen LogP contribution in [-0.2, 0) is 11.3 Å². The summed E-state index contributed by atoms with van der Waals surface area (Å²) in [5, 5.41) is 9.89. The van der Waals surface area contributed by atoms with E-state index in [1.54, 1.807) is 6.07 Å². The number of hydrogen-bond acceptors (Lipinski definition) is 4. The average molecular weight is 370 g/mol. The number of ether oxygens (including phenoxy) is 2. The monoisotopic (exact) mass is 370 g/mol. The van der Waals surface area contributed by atoms with Gasteiger partial charge in [0.1, 0.15) is 23.7 Å². The van der Waals surface area contributed by atoms with Gasteiger partial charge in [-0.15, -0.1) is 0 Å². The Morgan fingerprint density at radius 1 is 1.04 bits per heavy atom. The van der Waals surface area contributed by atoms with Crippen molar-refractivity contribution < 1.29 is 19.4 Å². The minimum Gasteiger partial charge on any atom is -0.507 e. The van der Waals surface area contributed by atoms with Gasteiger partial charge in [-0.3, -0.25) is 0 Å². The van der Waals surface area contributed by atoms with Crippen LogP contribution in [0.3, 0.4) is 0 Å². The van der Waals surface area contributed by atoms with Gasteiger partial charge in [0.2, 0.25) is 0 Å². The molecule has 1 fully saturated rings. The first-order chi connectivity index (χ1) is 13.2. The molecule has 0 atom stereocenters. The van der Waals surface area contributed by atoms with E-state index in [0.29, 0.717) is 18.3 Å². The number of benzene rings is 2. The highest BCUT2D eigenvalue weighted by molar-refractivity contribution is 5.92. The topological polar surface area (TPSA) is 55.8 Å². The van der Waals surface area contributed by atoms with E-state index in [1.807, 2.05) is 13.8 Å². The molecule has 146 valence electrons. The van der Waals surface area contributed by atoms with Gasteiger partial charge in [0.15, 0.2) is 0 Å². The van der Waals surface area contributed by atoms with Gasteiger partial charge in [-0.25, -0.2) is 4.79 Å². The van der Waals surface area contributed by atoms with Crippen LogP contribution in [-0.4, -0.2) is 18.2 Å². The Labute approximate surface area is 162 Å². The van der Waals surface area contributed by atoms with E-state index in [0.717, 1.165) is 5.56 Å². The molecule has 1 saturated carbocycles. The van der Waals surface area contributed by atoms with Gasteiger partial charge >= 0.3 is 5.97 Å². The molecule has 1 N–H and O–H groups in total. The summed E-state index contributed by atoms with van der Waals surface area (Å²) < 4.78 is 10.3. The number of methoxy groups -OCH3 is 1. The fourth-order valence-corrected chi connectivity index (χ4v) is 3.37. The van der Waals surface area contributed by atoms with E-state index in [-0.39, 0.29) is 11.3 Å². The standard InChI is InChI=1S/C21H24O4.C2H6/c1-24-21(23)19-12-11-18(13-20(19)22)25-14-15-7-9-17(10-8-15)16-5-3-2-4-6-16;1-2/h7-13,16,22H,2-6,14H2,1H3;1-2H3. The van der Waals surface area contributed by atoms with E-state index >= 15 is 0 Å². The van der Waals surface area contributed by atoms with Gasteiger partial charge in [-0.2, -0.15) is 0 Å². The Morgan fingerprint density at radius 3 is 2.30 bits per heavy atom. The highest BCUT2D eigenvalue weighted by Gasteiger charge is 2.15. The molecule has 0 aliphatic heterocycles. The molecule has 4 nitrogen and oxygen atoms in total. The number of carbonyl (C=O) groups excluding carboxylic acids is 1. The van der Waals surface area contributed by atoms with Crippen molar-refractivity contribution in [2.45, 2.75) is 58.5 Å². The van der Waals surface area contributed by atoms with Gasteiger partial charge in [0, 0.05) is 6.07 Å². The maximum atomic E-state index is 11.5. The Kier molecular flexibility index (Phi) is 8.18. The molecule has 1 aliphatic carbocycles. The number of esters is 1. The van der Waals surface area contributed by atoms with Crippen LogP contribution < -0.4 is 4.74 Å². The normalized spacial score (nSPS) is 14.0. The summed E-state index contributed by atoms with van der Waals surface area (Å²) in [4.78, 5) is 11.5. The lowest BCUT2D eigenvalue weighted by atomic mass is 9.84. The molecule has 0 heterocycles. The fourth-order valence-electron chi connectivity index (χ4n) is 3.37. The number of phenols is 1. The molecule has 0 bridgehead atoms. The second-order valence-corrected chi connectivity index (χ2v) is 6.54. The zero-order valence-electron chi connectivity index (χ0n) is 16.5. The van der Waals surface area contributed by atoms with Crippen molar-refractivity contribution >= 4 is 5.97 Å². The third kappa shape index (κ3) is 5.75. The number of hydrogen-bond donors (Lipinski definition) is 1.